The molecule has 2 aromatic carbocycles. The Hall–Kier alpha value is -2.67. The largest absolute Gasteiger partial charge is 0.497 e. The Kier molecular flexibility index (Phi) is 5.05. The van der Waals surface area contributed by atoms with Crippen LogP contribution >= 0.6 is 0 Å². The molecule has 1 N–H and O–H groups in total. The molecule has 0 heterocycles. The van der Waals surface area contributed by atoms with Crippen molar-refractivity contribution in [1.82, 2.24) is 0 Å². The standard InChI is InChI=1S/C17H18N2O2/c1-20-15-8-9-16(17(10-15)21-2)19-12-14(11-18)13-6-4-3-5-7-13/h3-10,14,19H,12H2,1-2H3. The van der Waals surface area contributed by atoms with Crippen LogP contribution in [0.25, 0.3) is 0 Å². The quantitative estimate of drug-likeness (QED) is 0.882. The predicted molar refractivity (Wildman–Crippen MR) is 82.8 cm³/mol. The van der Waals surface area contributed by atoms with Crippen molar-refractivity contribution in [3.05, 3.63) is 54.1 Å². The zero-order valence-electron chi connectivity index (χ0n) is 12.2. The van der Waals surface area contributed by atoms with Crippen LogP contribution in [-0.4, -0.2) is 20.8 Å². The monoisotopic (exact) mass is 282 g/mol. The fourth-order valence-electron chi connectivity index (χ4n) is 2.08. The van der Waals surface area contributed by atoms with Crippen LogP contribution in [0.5, 0.6) is 11.5 Å². The molecule has 0 aliphatic carbocycles. The van der Waals surface area contributed by atoms with Gasteiger partial charge in [-0.15, -0.1) is 0 Å². The third-order valence-electron chi connectivity index (χ3n) is 3.26. The number of hydrogen-bond donors (Lipinski definition) is 1. The first kappa shape index (κ1) is 14.7. The van der Waals surface area contributed by atoms with E-state index in [2.05, 4.69) is 11.4 Å². The molecule has 0 bridgehead atoms. The lowest BCUT2D eigenvalue weighted by molar-refractivity contribution is 0.395. The van der Waals surface area contributed by atoms with Crippen molar-refractivity contribution in [3.63, 3.8) is 0 Å². The maximum atomic E-state index is 9.32. The summed E-state index contributed by atoms with van der Waals surface area (Å²) in [7, 11) is 3.22. The minimum Gasteiger partial charge on any atom is -0.497 e. The molecule has 0 saturated heterocycles. The summed E-state index contributed by atoms with van der Waals surface area (Å²) < 4.78 is 10.5. The average Bonchev–Trinajstić information content (AvgIpc) is 2.56. The fraction of sp³-hybridized carbons (Fsp3) is 0.235. The van der Waals surface area contributed by atoms with Crippen LogP contribution in [0.1, 0.15) is 11.5 Å². The molecular formula is C17H18N2O2. The second kappa shape index (κ2) is 7.20. The third-order valence-corrected chi connectivity index (χ3v) is 3.26. The zero-order valence-corrected chi connectivity index (χ0v) is 12.2. The van der Waals surface area contributed by atoms with Crippen LogP contribution < -0.4 is 14.8 Å². The highest BCUT2D eigenvalue weighted by atomic mass is 16.5. The van der Waals surface area contributed by atoms with E-state index in [1.54, 1.807) is 14.2 Å². The van der Waals surface area contributed by atoms with Gasteiger partial charge in [0.05, 0.1) is 31.9 Å². The first-order valence-electron chi connectivity index (χ1n) is 6.69. The molecular weight excluding hydrogens is 264 g/mol. The van der Waals surface area contributed by atoms with Gasteiger partial charge in [0.15, 0.2) is 0 Å². The normalized spacial score (nSPS) is 11.3. The smallest absolute Gasteiger partial charge is 0.145 e. The lowest BCUT2D eigenvalue weighted by Crippen LogP contribution is -2.11. The summed E-state index contributed by atoms with van der Waals surface area (Å²) in [4.78, 5) is 0. The Morgan fingerprint density at radius 1 is 1.10 bits per heavy atom. The first-order valence-corrected chi connectivity index (χ1v) is 6.69. The van der Waals surface area contributed by atoms with Gasteiger partial charge in [-0.05, 0) is 17.7 Å². The molecule has 0 fully saturated rings. The first-order chi connectivity index (χ1) is 10.3. The van der Waals surface area contributed by atoms with E-state index in [0.29, 0.717) is 12.3 Å². The third kappa shape index (κ3) is 3.67. The van der Waals surface area contributed by atoms with Crippen LogP contribution in [0.4, 0.5) is 5.69 Å². The Morgan fingerprint density at radius 3 is 2.48 bits per heavy atom. The number of methoxy groups -OCH3 is 2. The fourth-order valence-corrected chi connectivity index (χ4v) is 2.08. The van der Waals surface area contributed by atoms with Crippen molar-refractivity contribution in [3.8, 4) is 17.6 Å². The highest BCUT2D eigenvalue weighted by Crippen LogP contribution is 2.29. The van der Waals surface area contributed by atoms with Crippen LogP contribution in [0.15, 0.2) is 48.5 Å². The van der Waals surface area contributed by atoms with E-state index in [-0.39, 0.29) is 5.92 Å². The predicted octanol–water partition coefficient (Wildman–Crippen LogP) is 3.42. The van der Waals surface area contributed by atoms with E-state index in [1.165, 1.54) is 0 Å². The molecule has 0 radical (unpaired) electrons. The summed E-state index contributed by atoms with van der Waals surface area (Å²) in [6.07, 6.45) is 0. The number of ether oxygens (including phenoxy) is 2. The SMILES string of the molecule is COc1ccc(NCC(C#N)c2ccccc2)c(OC)c1. The maximum absolute atomic E-state index is 9.32. The Morgan fingerprint density at radius 2 is 1.86 bits per heavy atom. The minimum atomic E-state index is -0.210. The van der Waals surface area contributed by atoms with Crippen LogP contribution in [0, 0.1) is 11.3 Å². The molecule has 4 nitrogen and oxygen atoms in total. The van der Waals surface area contributed by atoms with Crippen LogP contribution in [-0.2, 0) is 0 Å². The van der Waals surface area contributed by atoms with Gasteiger partial charge in [0.2, 0.25) is 0 Å². The van der Waals surface area contributed by atoms with Gasteiger partial charge >= 0.3 is 0 Å². The topological polar surface area (TPSA) is 54.3 Å². The van der Waals surface area contributed by atoms with Crippen molar-refractivity contribution in [2.75, 3.05) is 26.1 Å². The summed E-state index contributed by atoms with van der Waals surface area (Å²) in [5.74, 6) is 1.22. The van der Waals surface area contributed by atoms with Gasteiger partial charge in [-0.2, -0.15) is 5.26 Å². The maximum Gasteiger partial charge on any atom is 0.145 e. The van der Waals surface area contributed by atoms with Gasteiger partial charge in [-0.25, -0.2) is 0 Å². The van der Waals surface area contributed by atoms with Gasteiger partial charge < -0.3 is 14.8 Å². The summed E-state index contributed by atoms with van der Waals surface area (Å²) in [6.45, 7) is 0.517. The summed E-state index contributed by atoms with van der Waals surface area (Å²) in [6, 6.07) is 17.6. The molecule has 108 valence electrons. The highest BCUT2D eigenvalue weighted by Gasteiger charge is 2.11. The lowest BCUT2D eigenvalue weighted by atomic mass is 10.0. The van der Waals surface area contributed by atoms with Crippen molar-refractivity contribution >= 4 is 5.69 Å². The Bertz CT molecular complexity index is 620. The molecule has 2 aromatic rings. The summed E-state index contributed by atoms with van der Waals surface area (Å²) in [5.41, 5.74) is 1.84. The Labute approximate surface area is 124 Å². The number of nitriles is 1. The molecule has 4 heteroatoms. The number of nitrogens with one attached hydrogen (secondary N) is 1. The van der Waals surface area contributed by atoms with Crippen molar-refractivity contribution in [2.45, 2.75) is 5.92 Å². The van der Waals surface area contributed by atoms with E-state index in [9.17, 15) is 5.26 Å². The second-order valence-corrected chi connectivity index (χ2v) is 4.54. The molecule has 1 unspecified atom stereocenters. The minimum absolute atomic E-state index is 0.210. The number of nitrogens with zero attached hydrogens (tertiary/aromatic N) is 1. The summed E-state index contributed by atoms with van der Waals surface area (Å²) >= 11 is 0. The molecule has 1 atom stereocenters. The van der Waals surface area contributed by atoms with Gasteiger partial charge in [0.25, 0.3) is 0 Å². The average molecular weight is 282 g/mol. The molecule has 21 heavy (non-hydrogen) atoms. The summed E-state index contributed by atoms with van der Waals surface area (Å²) in [5, 5.41) is 12.6. The number of anilines is 1. The van der Waals surface area contributed by atoms with E-state index < -0.39 is 0 Å². The van der Waals surface area contributed by atoms with Gasteiger partial charge in [-0.1, -0.05) is 30.3 Å². The van der Waals surface area contributed by atoms with Crippen molar-refractivity contribution < 1.29 is 9.47 Å². The van der Waals surface area contributed by atoms with Gasteiger partial charge in [0.1, 0.15) is 11.5 Å². The number of hydrogen-bond acceptors (Lipinski definition) is 4. The van der Waals surface area contributed by atoms with Crippen molar-refractivity contribution in [1.29, 1.82) is 5.26 Å². The zero-order chi connectivity index (χ0) is 15.1. The van der Waals surface area contributed by atoms with E-state index in [1.807, 2.05) is 48.5 Å². The molecule has 0 saturated carbocycles. The number of rotatable bonds is 6. The van der Waals surface area contributed by atoms with Crippen molar-refractivity contribution in [2.24, 2.45) is 0 Å². The van der Waals surface area contributed by atoms with Gasteiger partial charge in [0, 0.05) is 12.6 Å². The van der Waals surface area contributed by atoms with Crippen LogP contribution in [0.3, 0.4) is 0 Å². The second-order valence-electron chi connectivity index (χ2n) is 4.54. The molecule has 0 amide bonds. The van der Waals surface area contributed by atoms with Gasteiger partial charge in [-0.3, -0.25) is 0 Å². The lowest BCUT2D eigenvalue weighted by Gasteiger charge is -2.15. The molecule has 2 rings (SSSR count). The van der Waals surface area contributed by atoms with Crippen LogP contribution in [0.2, 0.25) is 0 Å². The molecule has 0 aliphatic heterocycles. The van der Waals surface area contributed by atoms with E-state index in [0.717, 1.165) is 17.0 Å². The van der Waals surface area contributed by atoms with E-state index >= 15 is 0 Å². The molecule has 0 spiro atoms. The molecule has 0 aromatic heterocycles. The van der Waals surface area contributed by atoms with E-state index in [4.69, 9.17) is 9.47 Å². The number of benzene rings is 2. The Balaban J connectivity index is 2.10. The highest BCUT2D eigenvalue weighted by molar-refractivity contribution is 5.59. The molecule has 0 aliphatic rings.